The number of aromatic nitrogens is 4. The Morgan fingerprint density at radius 2 is 1.95 bits per heavy atom. The highest BCUT2D eigenvalue weighted by atomic mass is 32.2. The Morgan fingerprint density at radius 1 is 1.13 bits per heavy atom. The fraction of sp³-hybridized carbons (Fsp3) is 0.185. The molecule has 5 rings (SSSR count). The fourth-order valence-corrected chi connectivity index (χ4v) is 5.03. The average molecular weight is 533 g/mol. The number of amides is 1. The van der Waals surface area contributed by atoms with Gasteiger partial charge in [-0.15, -0.1) is 5.10 Å². The van der Waals surface area contributed by atoms with Crippen molar-refractivity contribution in [2.75, 3.05) is 24.9 Å². The second-order valence-electron chi connectivity index (χ2n) is 8.42. The first kappa shape index (κ1) is 25.3. The predicted octanol–water partition coefficient (Wildman–Crippen LogP) is 5.05. The summed E-state index contributed by atoms with van der Waals surface area (Å²) >= 11 is 1.31. The van der Waals surface area contributed by atoms with E-state index < -0.39 is 6.04 Å². The number of methoxy groups -OCH3 is 2. The minimum absolute atomic E-state index is 0.280. The van der Waals surface area contributed by atoms with E-state index in [9.17, 15) is 9.18 Å². The van der Waals surface area contributed by atoms with Gasteiger partial charge in [-0.1, -0.05) is 36.0 Å². The maximum Gasteiger partial charge on any atom is 0.255 e. The molecular weight excluding hydrogens is 507 g/mol. The number of nitrogens with zero attached hydrogens (tertiary/aromatic N) is 4. The van der Waals surface area contributed by atoms with Crippen molar-refractivity contribution >= 4 is 29.3 Å². The summed E-state index contributed by atoms with van der Waals surface area (Å²) in [6.07, 6.45) is 3.21. The van der Waals surface area contributed by atoms with Crippen LogP contribution < -0.4 is 20.1 Å². The largest absolute Gasteiger partial charge is 0.493 e. The number of fused-ring (bicyclic) bond motifs is 1. The van der Waals surface area contributed by atoms with Crippen LogP contribution in [0.5, 0.6) is 11.5 Å². The van der Waals surface area contributed by atoms with E-state index in [0.29, 0.717) is 50.9 Å². The number of ether oxygens (including phenoxy) is 2. The van der Waals surface area contributed by atoms with E-state index >= 15 is 0 Å². The van der Waals surface area contributed by atoms with Crippen LogP contribution in [-0.2, 0) is 10.5 Å². The second kappa shape index (κ2) is 10.9. The van der Waals surface area contributed by atoms with Crippen LogP contribution in [0.3, 0.4) is 0 Å². The van der Waals surface area contributed by atoms with Crippen molar-refractivity contribution in [1.29, 1.82) is 0 Å². The third kappa shape index (κ3) is 5.05. The topological polar surface area (TPSA) is 103 Å². The molecule has 0 saturated heterocycles. The Bertz CT molecular complexity index is 1510. The molecule has 4 aromatic rings. The van der Waals surface area contributed by atoms with E-state index in [1.807, 2.05) is 19.1 Å². The van der Waals surface area contributed by atoms with Crippen LogP contribution in [0, 0.1) is 5.82 Å². The molecule has 194 valence electrons. The minimum atomic E-state index is -0.627. The van der Waals surface area contributed by atoms with E-state index in [4.69, 9.17) is 14.6 Å². The summed E-state index contributed by atoms with van der Waals surface area (Å²) in [5, 5.41) is 11.3. The molecule has 3 heterocycles. The summed E-state index contributed by atoms with van der Waals surface area (Å²) in [6, 6.07) is 15.0. The van der Waals surface area contributed by atoms with Gasteiger partial charge in [0.25, 0.3) is 5.91 Å². The highest BCUT2D eigenvalue weighted by Crippen LogP contribution is 2.40. The Morgan fingerprint density at radius 3 is 2.68 bits per heavy atom. The van der Waals surface area contributed by atoms with Gasteiger partial charge in [0.1, 0.15) is 11.9 Å². The first-order chi connectivity index (χ1) is 18.5. The first-order valence-electron chi connectivity index (χ1n) is 11.7. The summed E-state index contributed by atoms with van der Waals surface area (Å²) < 4.78 is 26.8. The number of pyridine rings is 1. The number of benzene rings is 2. The number of nitrogens with one attached hydrogen (secondary N) is 2. The van der Waals surface area contributed by atoms with E-state index in [-0.39, 0.29) is 11.7 Å². The Labute approximate surface area is 223 Å². The lowest BCUT2D eigenvalue weighted by molar-refractivity contribution is -0.113. The molecule has 0 aliphatic carbocycles. The lowest BCUT2D eigenvalue weighted by Crippen LogP contribution is -2.31. The number of carbonyl (C=O) groups excluding carboxylic acids is 1. The average Bonchev–Trinajstić information content (AvgIpc) is 3.34. The van der Waals surface area contributed by atoms with Gasteiger partial charge < -0.3 is 20.1 Å². The Hall–Kier alpha value is -4.38. The molecule has 0 fully saturated rings. The molecule has 0 saturated carbocycles. The molecule has 1 aliphatic rings. The quantitative estimate of drug-likeness (QED) is 0.304. The summed E-state index contributed by atoms with van der Waals surface area (Å²) in [4.78, 5) is 22.3. The molecule has 38 heavy (non-hydrogen) atoms. The first-order valence-corrected chi connectivity index (χ1v) is 12.7. The van der Waals surface area contributed by atoms with E-state index in [1.54, 1.807) is 67.7 Å². The molecule has 2 N–H and O–H groups in total. The van der Waals surface area contributed by atoms with Gasteiger partial charge in [-0.2, -0.15) is 4.98 Å². The number of rotatable bonds is 8. The van der Waals surface area contributed by atoms with Gasteiger partial charge in [0, 0.05) is 17.6 Å². The normalized spacial score (nSPS) is 14.5. The number of anilines is 2. The van der Waals surface area contributed by atoms with E-state index in [1.165, 1.54) is 17.8 Å². The van der Waals surface area contributed by atoms with Crippen molar-refractivity contribution in [3.05, 3.63) is 95.2 Å². The van der Waals surface area contributed by atoms with Crippen LogP contribution in [0.2, 0.25) is 0 Å². The van der Waals surface area contributed by atoms with Crippen LogP contribution in [0.4, 0.5) is 16.0 Å². The molecule has 0 bridgehead atoms. The van der Waals surface area contributed by atoms with Crippen molar-refractivity contribution in [3.63, 3.8) is 0 Å². The standard InChI is InChI=1S/C27H25FN6O3S/c1-16-23(25(35)31-19-8-6-12-29-14-19)24(17-10-11-21(36-2)22(13-17)37-3)34-26(30-16)32-27(33-34)38-15-18-7-4-5-9-20(18)28/h4-14,24H,15H2,1-3H3,(H,31,35)(H,30,32,33)/t24-/m1/s1. The monoisotopic (exact) mass is 532 g/mol. The van der Waals surface area contributed by atoms with Crippen LogP contribution in [0.15, 0.2) is 83.4 Å². The van der Waals surface area contributed by atoms with Crippen molar-refractivity contribution in [2.45, 2.75) is 23.9 Å². The van der Waals surface area contributed by atoms with Gasteiger partial charge in [-0.3, -0.25) is 9.78 Å². The molecule has 2 aromatic heterocycles. The van der Waals surface area contributed by atoms with Crippen molar-refractivity contribution in [1.82, 2.24) is 19.7 Å². The number of halogens is 1. The van der Waals surface area contributed by atoms with Crippen molar-refractivity contribution < 1.29 is 18.7 Å². The third-order valence-electron chi connectivity index (χ3n) is 6.04. The van der Waals surface area contributed by atoms with Crippen LogP contribution >= 0.6 is 11.8 Å². The zero-order valence-corrected chi connectivity index (χ0v) is 21.8. The minimum Gasteiger partial charge on any atom is -0.493 e. The lowest BCUT2D eigenvalue weighted by atomic mass is 9.94. The van der Waals surface area contributed by atoms with E-state index in [2.05, 4.69) is 20.6 Å². The highest BCUT2D eigenvalue weighted by Gasteiger charge is 2.35. The predicted molar refractivity (Wildman–Crippen MR) is 143 cm³/mol. The summed E-state index contributed by atoms with van der Waals surface area (Å²) in [5.41, 5.74) is 2.94. The number of allylic oxidation sites excluding steroid dienone is 1. The number of carbonyl (C=O) groups is 1. The number of hydrogen-bond donors (Lipinski definition) is 2. The van der Waals surface area contributed by atoms with Gasteiger partial charge in [0.2, 0.25) is 11.1 Å². The van der Waals surface area contributed by atoms with Gasteiger partial charge in [-0.25, -0.2) is 9.07 Å². The van der Waals surface area contributed by atoms with Crippen LogP contribution in [0.1, 0.15) is 24.1 Å². The summed E-state index contributed by atoms with van der Waals surface area (Å²) in [7, 11) is 3.12. The molecule has 1 amide bonds. The number of thioether (sulfide) groups is 1. The summed E-state index contributed by atoms with van der Waals surface area (Å²) in [6.45, 7) is 1.82. The highest BCUT2D eigenvalue weighted by molar-refractivity contribution is 7.98. The Balaban J connectivity index is 1.54. The number of hydrogen-bond acceptors (Lipinski definition) is 8. The second-order valence-corrected chi connectivity index (χ2v) is 9.36. The zero-order valence-electron chi connectivity index (χ0n) is 20.9. The molecule has 2 aromatic carbocycles. The van der Waals surface area contributed by atoms with Crippen LogP contribution in [-0.4, -0.2) is 39.9 Å². The molecular formula is C27H25FN6O3S. The molecule has 0 spiro atoms. The van der Waals surface area contributed by atoms with Gasteiger partial charge >= 0.3 is 0 Å². The Kier molecular flexibility index (Phi) is 7.27. The van der Waals surface area contributed by atoms with Gasteiger partial charge in [0.05, 0.1) is 31.7 Å². The maximum absolute atomic E-state index is 14.2. The van der Waals surface area contributed by atoms with Crippen molar-refractivity contribution in [2.24, 2.45) is 0 Å². The van der Waals surface area contributed by atoms with E-state index in [0.717, 1.165) is 5.56 Å². The molecule has 11 heteroatoms. The van der Waals surface area contributed by atoms with Gasteiger partial charge in [0.15, 0.2) is 11.5 Å². The van der Waals surface area contributed by atoms with Crippen LogP contribution in [0.25, 0.3) is 0 Å². The molecule has 1 aliphatic heterocycles. The van der Waals surface area contributed by atoms with Crippen molar-refractivity contribution in [3.8, 4) is 11.5 Å². The smallest absolute Gasteiger partial charge is 0.255 e. The zero-order chi connectivity index (χ0) is 26.6. The fourth-order valence-electron chi connectivity index (χ4n) is 4.21. The maximum atomic E-state index is 14.2. The molecule has 0 unspecified atom stereocenters. The lowest BCUT2D eigenvalue weighted by Gasteiger charge is -2.29. The molecule has 0 radical (unpaired) electrons. The third-order valence-corrected chi connectivity index (χ3v) is 6.92. The van der Waals surface area contributed by atoms with Gasteiger partial charge in [-0.05, 0) is 48.4 Å². The summed E-state index contributed by atoms with van der Waals surface area (Å²) in [5.74, 6) is 1.31. The SMILES string of the molecule is COc1ccc([C@@H]2C(C(=O)Nc3cccnc3)=C(C)Nc3nc(SCc4ccccc4F)nn32)cc1OC. The molecule has 1 atom stereocenters. The molecule has 9 nitrogen and oxygen atoms in total.